The number of nitrogens with one attached hydrogen (secondary N) is 1. The standard InChI is InChI=1S/C15H16FNO2/c1-10-9-14(19-11(10)2)15(18)17-8-7-12-5-3-4-6-13(12)16/h3-6,9H,7-8H2,1-2H3,(H,17,18). The van der Waals surface area contributed by atoms with E-state index in [0.717, 1.165) is 11.3 Å². The molecule has 4 heteroatoms. The summed E-state index contributed by atoms with van der Waals surface area (Å²) in [6.45, 7) is 4.07. The molecule has 0 radical (unpaired) electrons. The number of carbonyl (C=O) groups is 1. The molecule has 1 N–H and O–H groups in total. The van der Waals surface area contributed by atoms with Crippen LogP contribution in [0, 0.1) is 19.7 Å². The lowest BCUT2D eigenvalue weighted by Gasteiger charge is -2.04. The summed E-state index contributed by atoms with van der Waals surface area (Å²) in [6, 6.07) is 8.25. The predicted octanol–water partition coefficient (Wildman–Crippen LogP) is 3.01. The number of amides is 1. The first kappa shape index (κ1) is 13.3. The molecule has 2 rings (SSSR count). The van der Waals surface area contributed by atoms with E-state index in [1.165, 1.54) is 6.07 Å². The summed E-state index contributed by atoms with van der Waals surface area (Å²) in [7, 11) is 0. The molecule has 0 saturated heterocycles. The molecule has 1 heterocycles. The molecule has 1 amide bonds. The van der Waals surface area contributed by atoms with E-state index in [4.69, 9.17) is 4.42 Å². The molecule has 0 aliphatic heterocycles. The Morgan fingerprint density at radius 2 is 2.05 bits per heavy atom. The van der Waals surface area contributed by atoms with Gasteiger partial charge in [-0.3, -0.25) is 4.79 Å². The van der Waals surface area contributed by atoms with Gasteiger partial charge in [0.05, 0.1) is 0 Å². The monoisotopic (exact) mass is 261 g/mol. The van der Waals surface area contributed by atoms with Gasteiger partial charge < -0.3 is 9.73 Å². The van der Waals surface area contributed by atoms with Gasteiger partial charge in [-0.15, -0.1) is 0 Å². The van der Waals surface area contributed by atoms with Gasteiger partial charge in [-0.2, -0.15) is 0 Å². The summed E-state index contributed by atoms with van der Waals surface area (Å²) in [4.78, 5) is 11.8. The molecule has 0 spiro atoms. The van der Waals surface area contributed by atoms with Crippen molar-refractivity contribution in [2.24, 2.45) is 0 Å². The largest absolute Gasteiger partial charge is 0.456 e. The van der Waals surface area contributed by atoms with Gasteiger partial charge in [-0.1, -0.05) is 18.2 Å². The van der Waals surface area contributed by atoms with Crippen molar-refractivity contribution in [3.8, 4) is 0 Å². The molecule has 0 aliphatic rings. The summed E-state index contributed by atoms with van der Waals surface area (Å²) < 4.78 is 18.7. The lowest BCUT2D eigenvalue weighted by atomic mass is 10.1. The van der Waals surface area contributed by atoms with Crippen LogP contribution in [0.4, 0.5) is 4.39 Å². The van der Waals surface area contributed by atoms with Crippen molar-refractivity contribution in [2.45, 2.75) is 20.3 Å². The third kappa shape index (κ3) is 3.22. The average Bonchev–Trinajstić information content (AvgIpc) is 2.72. The van der Waals surface area contributed by atoms with Crippen molar-refractivity contribution in [3.05, 3.63) is 58.8 Å². The minimum atomic E-state index is -0.271. The molecule has 0 unspecified atom stereocenters. The number of carbonyl (C=O) groups excluding carboxylic acids is 1. The van der Waals surface area contributed by atoms with Crippen LogP contribution < -0.4 is 5.32 Å². The topological polar surface area (TPSA) is 42.2 Å². The number of hydrogen-bond donors (Lipinski definition) is 1. The van der Waals surface area contributed by atoms with Crippen molar-refractivity contribution in [1.29, 1.82) is 0 Å². The van der Waals surface area contributed by atoms with Crippen LogP contribution in [0.2, 0.25) is 0 Å². The van der Waals surface area contributed by atoms with E-state index in [1.807, 2.05) is 13.8 Å². The van der Waals surface area contributed by atoms with Crippen LogP contribution in [-0.4, -0.2) is 12.5 Å². The second-order valence-electron chi connectivity index (χ2n) is 4.45. The van der Waals surface area contributed by atoms with Gasteiger partial charge in [0.2, 0.25) is 0 Å². The Morgan fingerprint density at radius 1 is 1.32 bits per heavy atom. The van der Waals surface area contributed by atoms with Crippen LogP contribution in [0.3, 0.4) is 0 Å². The molecule has 2 aromatic rings. The van der Waals surface area contributed by atoms with Crippen molar-refractivity contribution in [3.63, 3.8) is 0 Å². The van der Waals surface area contributed by atoms with E-state index >= 15 is 0 Å². The first-order valence-corrected chi connectivity index (χ1v) is 6.16. The Balaban J connectivity index is 1.89. The van der Waals surface area contributed by atoms with Crippen molar-refractivity contribution >= 4 is 5.91 Å². The highest BCUT2D eigenvalue weighted by Gasteiger charge is 2.11. The zero-order valence-electron chi connectivity index (χ0n) is 11.0. The highest BCUT2D eigenvalue weighted by atomic mass is 19.1. The van der Waals surface area contributed by atoms with Gasteiger partial charge in [0.15, 0.2) is 5.76 Å². The first-order valence-electron chi connectivity index (χ1n) is 6.16. The van der Waals surface area contributed by atoms with Crippen molar-refractivity contribution < 1.29 is 13.6 Å². The molecule has 0 bridgehead atoms. The van der Waals surface area contributed by atoms with E-state index in [0.29, 0.717) is 24.3 Å². The van der Waals surface area contributed by atoms with Crippen LogP contribution in [0.5, 0.6) is 0 Å². The Labute approximate surface area is 111 Å². The average molecular weight is 261 g/mol. The first-order chi connectivity index (χ1) is 9.08. The predicted molar refractivity (Wildman–Crippen MR) is 70.6 cm³/mol. The maximum Gasteiger partial charge on any atom is 0.287 e. The lowest BCUT2D eigenvalue weighted by Crippen LogP contribution is -2.25. The molecule has 0 fully saturated rings. The van der Waals surface area contributed by atoms with Crippen LogP contribution in [0.1, 0.15) is 27.4 Å². The van der Waals surface area contributed by atoms with Gasteiger partial charge >= 0.3 is 0 Å². The summed E-state index contributed by atoms with van der Waals surface area (Å²) in [5, 5.41) is 2.72. The van der Waals surface area contributed by atoms with E-state index in [-0.39, 0.29) is 11.7 Å². The second kappa shape index (κ2) is 5.69. The smallest absolute Gasteiger partial charge is 0.287 e. The molecule has 1 aromatic carbocycles. The summed E-state index contributed by atoms with van der Waals surface area (Å²) in [6.07, 6.45) is 0.455. The second-order valence-corrected chi connectivity index (χ2v) is 4.45. The van der Waals surface area contributed by atoms with Gasteiger partial charge in [-0.25, -0.2) is 4.39 Å². The maximum absolute atomic E-state index is 13.4. The molecule has 1 aromatic heterocycles. The van der Waals surface area contributed by atoms with Gasteiger partial charge in [0, 0.05) is 6.54 Å². The van der Waals surface area contributed by atoms with Gasteiger partial charge in [-0.05, 0) is 43.5 Å². The van der Waals surface area contributed by atoms with Gasteiger partial charge in [0.25, 0.3) is 5.91 Å². The number of furan rings is 1. The number of hydrogen-bond acceptors (Lipinski definition) is 2. The highest BCUT2D eigenvalue weighted by molar-refractivity contribution is 5.91. The Morgan fingerprint density at radius 3 is 2.68 bits per heavy atom. The maximum atomic E-state index is 13.4. The molecule has 3 nitrogen and oxygen atoms in total. The molecule has 19 heavy (non-hydrogen) atoms. The van der Waals surface area contributed by atoms with E-state index in [2.05, 4.69) is 5.32 Å². The summed E-state index contributed by atoms with van der Waals surface area (Å²) in [5.74, 6) is 0.511. The Kier molecular flexibility index (Phi) is 4.00. The highest BCUT2D eigenvalue weighted by Crippen LogP contribution is 2.13. The fourth-order valence-corrected chi connectivity index (χ4v) is 1.78. The molecule has 0 saturated carbocycles. The third-order valence-electron chi connectivity index (χ3n) is 3.03. The lowest BCUT2D eigenvalue weighted by molar-refractivity contribution is 0.0925. The van der Waals surface area contributed by atoms with Crippen LogP contribution in [-0.2, 0) is 6.42 Å². The minimum Gasteiger partial charge on any atom is -0.456 e. The third-order valence-corrected chi connectivity index (χ3v) is 3.03. The summed E-state index contributed by atoms with van der Waals surface area (Å²) in [5.41, 5.74) is 1.54. The minimum absolute atomic E-state index is 0.249. The molecule has 0 aliphatic carbocycles. The van der Waals surface area contributed by atoms with Crippen LogP contribution in [0.15, 0.2) is 34.7 Å². The molecular formula is C15H16FNO2. The van der Waals surface area contributed by atoms with E-state index in [9.17, 15) is 9.18 Å². The summed E-state index contributed by atoms with van der Waals surface area (Å²) >= 11 is 0. The van der Waals surface area contributed by atoms with Gasteiger partial charge in [0.1, 0.15) is 11.6 Å². The fourth-order valence-electron chi connectivity index (χ4n) is 1.78. The van der Waals surface area contributed by atoms with E-state index in [1.54, 1.807) is 24.3 Å². The number of halogens is 1. The number of aryl methyl sites for hydroxylation is 2. The molecule has 100 valence electrons. The Bertz CT molecular complexity index is 570. The van der Waals surface area contributed by atoms with Crippen molar-refractivity contribution in [2.75, 3.05) is 6.54 Å². The number of rotatable bonds is 4. The zero-order valence-corrected chi connectivity index (χ0v) is 11.0. The van der Waals surface area contributed by atoms with Crippen LogP contribution in [0.25, 0.3) is 0 Å². The van der Waals surface area contributed by atoms with Crippen LogP contribution >= 0.6 is 0 Å². The molecular weight excluding hydrogens is 245 g/mol. The Hall–Kier alpha value is -2.10. The quantitative estimate of drug-likeness (QED) is 0.919. The zero-order chi connectivity index (χ0) is 13.8. The molecule has 0 atom stereocenters. The van der Waals surface area contributed by atoms with E-state index < -0.39 is 0 Å². The normalized spacial score (nSPS) is 10.5. The SMILES string of the molecule is Cc1cc(C(=O)NCCc2ccccc2F)oc1C. The fraction of sp³-hybridized carbons (Fsp3) is 0.267. The van der Waals surface area contributed by atoms with Crippen molar-refractivity contribution in [1.82, 2.24) is 5.32 Å². The number of benzene rings is 1.